The molecule has 0 fully saturated rings. The van der Waals surface area contributed by atoms with Crippen LogP contribution in [0.25, 0.3) is 0 Å². The van der Waals surface area contributed by atoms with Gasteiger partial charge in [0.2, 0.25) is 5.82 Å². The van der Waals surface area contributed by atoms with Gasteiger partial charge in [0.1, 0.15) is 12.4 Å². The Hall–Kier alpha value is -1.99. The zero-order valence-electron chi connectivity index (χ0n) is 10.2. The lowest BCUT2D eigenvalue weighted by Crippen LogP contribution is -2.30. The minimum atomic E-state index is -1.82. The Kier molecular flexibility index (Phi) is 4.31. The quantitative estimate of drug-likeness (QED) is 0.832. The minimum Gasteiger partial charge on any atom is -0.486 e. The van der Waals surface area contributed by atoms with E-state index < -0.39 is 24.6 Å². The third-order valence-corrected chi connectivity index (χ3v) is 2.59. The highest BCUT2D eigenvalue weighted by Crippen LogP contribution is 2.20. The lowest BCUT2D eigenvalue weighted by atomic mass is 9.79. The summed E-state index contributed by atoms with van der Waals surface area (Å²) in [5.41, 5.74) is 0.208. The maximum Gasteiger partial charge on any atom is 0.488 e. The molecule has 20 heavy (non-hydrogen) atoms. The SMILES string of the molecule is OB(O)c1cc(F)cc(COc2cccc(F)c2F)c1. The predicted octanol–water partition coefficient (Wildman–Crippen LogP) is 1.36. The maximum atomic E-state index is 13.3. The molecule has 0 heterocycles. The standard InChI is InChI=1S/C13H10BF3O3/c15-10-5-8(4-9(6-10)14(18)19)7-20-12-3-1-2-11(16)13(12)17/h1-6,18-19H,7H2. The normalized spacial score (nSPS) is 10.4. The average molecular weight is 282 g/mol. The van der Waals surface area contributed by atoms with Crippen LogP contribution in [0.4, 0.5) is 13.2 Å². The van der Waals surface area contributed by atoms with Crippen molar-refractivity contribution in [2.45, 2.75) is 6.61 Å². The van der Waals surface area contributed by atoms with Gasteiger partial charge in [-0.3, -0.25) is 0 Å². The van der Waals surface area contributed by atoms with E-state index in [0.717, 1.165) is 18.2 Å². The van der Waals surface area contributed by atoms with Crippen LogP contribution in [0.15, 0.2) is 36.4 Å². The number of hydrogen-bond donors (Lipinski definition) is 2. The van der Waals surface area contributed by atoms with Crippen molar-refractivity contribution in [1.29, 1.82) is 0 Å². The molecule has 0 bridgehead atoms. The van der Waals surface area contributed by atoms with Gasteiger partial charge >= 0.3 is 7.12 Å². The minimum absolute atomic E-state index is 0.0525. The summed E-state index contributed by atoms with van der Waals surface area (Å²) < 4.78 is 44.6. The summed E-state index contributed by atoms with van der Waals surface area (Å²) in [6.45, 7) is -0.238. The monoisotopic (exact) mass is 282 g/mol. The molecule has 0 saturated carbocycles. The molecule has 104 valence electrons. The fourth-order valence-electron chi connectivity index (χ4n) is 1.66. The first-order valence-electron chi connectivity index (χ1n) is 5.69. The third-order valence-electron chi connectivity index (χ3n) is 2.59. The van der Waals surface area contributed by atoms with Crippen molar-refractivity contribution < 1.29 is 28.0 Å². The van der Waals surface area contributed by atoms with Crippen LogP contribution in [0.5, 0.6) is 5.75 Å². The van der Waals surface area contributed by atoms with Crippen LogP contribution in [0.1, 0.15) is 5.56 Å². The second-order valence-electron chi connectivity index (χ2n) is 4.11. The summed E-state index contributed by atoms with van der Waals surface area (Å²) >= 11 is 0. The molecule has 0 unspecified atom stereocenters. The lowest BCUT2D eigenvalue weighted by Gasteiger charge is -2.09. The largest absolute Gasteiger partial charge is 0.488 e. The predicted molar refractivity (Wildman–Crippen MR) is 66.9 cm³/mol. The van der Waals surface area contributed by atoms with Crippen LogP contribution < -0.4 is 10.2 Å². The van der Waals surface area contributed by atoms with Crippen molar-refractivity contribution in [3.8, 4) is 5.75 Å². The molecule has 0 amide bonds. The van der Waals surface area contributed by atoms with E-state index in [2.05, 4.69) is 0 Å². The van der Waals surface area contributed by atoms with Crippen LogP contribution in [0.3, 0.4) is 0 Å². The number of ether oxygens (including phenoxy) is 1. The van der Waals surface area contributed by atoms with Gasteiger partial charge in [-0.1, -0.05) is 12.1 Å². The Morgan fingerprint density at radius 3 is 2.50 bits per heavy atom. The molecule has 2 aromatic rings. The molecule has 0 spiro atoms. The molecule has 2 aromatic carbocycles. The fraction of sp³-hybridized carbons (Fsp3) is 0.0769. The van der Waals surface area contributed by atoms with E-state index in [4.69, 9.17) is 14.8 Å². The highest BCUT2D eigenvalue weighted by atomic mass is 19.2. The Labute approximate surface area is 113 Å². The van der Waals surface area contributed by atoms with Gasteiger partial charge in [-0.25, -0.2) is 8.78 Å². The average Bonchev–Trinajstić information content (AvgIpc) is 2.40. The summed E-state index contributed by atoms with van der Waals surface area (Å²) in [6.07, 6.45) is 0. The molecule has 0 aliphatic carbocycles. The van der Waals surface area contributed by atoms with Crippen LogP contribution in [-0.4, -0.2) is 17.2 Å². The van der Waals surface area contributed by atoms with Gasteiger partial charge in [0.15, 0.2) is 11.6 Å². The molecule has 0 radical (unpaired) electrons. The maximum absolute atomic E-state index is 13.3. The smallest absolute Gasteiger partial charge is 0.486 e. The number of benzene rings is 2. The molecule has 2 rings (SSSR count). The molecule has 2 N–H and O–H groups in total. The van der Waals surface area contributed by atoms with E-state index in [0.29, 0.717) is 0 Å². The van der Waals surface area contributed by atoms with Crippen molar-refractivity contribution in [3.05, 3.63) is 59.4 Å². The molecular formula is C13H10BF3O3. The second-order valence-corrected chi connectivity index (χ2v) is 4.11. The van der Waals surface area contributed by atoms with Gasteiger partial charge in [0.05, 0.1) is 0 Å². The third kappa shape index (κ3) is 3.31. The van der Waals surface area contributed by atoms with Gasteiger partial charge in [0.25, 0.3) is 0 Å². The Bertz CT molecular complexity index is 620. The first-order chi connectivity index (χ1) is 9.47. The van der Waals surface area contributed by atoms with Crippen LogP contribution in [0, 0.1) is 17.5 Å². The van der Waals surface area contributed by atoms with Gasteiger partial charge < -0.3 is 14.8 Å². The van der Waals surface area contributed by atoms with E-state index in [1.54, 1.807) is 0 Å². The Morgan fingerprint density at radius 1 is 1.05 bits per heavy atom. The van der Waals surface area contributed by atoms with Gasteiger partial charge in [0, 0.05) is 0 Å². The van der Waals surface area contributed by atoms with Crippen molar-refractivity contribution in [2.75, 3.05) is 0 Å². The Balaban J connectivity index is 2.16. The van der Waals surface area contributed by atoms with Crippen LogP contribution in [0.2, 0.25) is 0 Å². The highest BCUT2D eigenvalue weighted by molar-refractivity contribution is 6.58. The number of hydrogen-bond acceptors (Lipinski definition) is 3. The van der Waals surface area contributed by atoms with Crippen molar-refractivity contribution >= 4 is 12.6 Å². The molecule has 3 nitrogen and oxygen atoms in total. The van der Waals surface area contributed by atoms with Crippen molar-refractivity contribution in [3.63, 3.8) is 0 Å². The molecule has 0 aliphatic rings. The highest BCUT2D eigenvalue weighted by Gasteiger charge is 2.14. The molecule has 0 atom stereocenters. The topological polar surface area (TPSA) is 49.7 Å². The van der Waals surface area contributed by atoms with E-state index in [1.165, 1.54) is 18.2 Å². The molecule has 0 aliphatic heterocycles. The van der Waals surface area contributed by atoms with E-state index >= 15 is 0 Å². The summed E-state index contributed by atoms with van der Waals surface area (Å²) in [4.78, 5) is 0. The molecule has 7 heteroatoms. The van der Waals surface area contributed by atoms with Gasteiger partial charge in [-0.2, -0.15) is 4.39 Å². The zero-order valence-corrected chi connectivity index (χ0v) is 10.2. The molecule has 0 aromatic heterocycles. The first kappa shape index (κ1) is 14.4. The Morgan fingerprint density at radius 2 is 1.80 bits per heavy atom. The van der Waals surface area contributed by atoms with Crippen molar-refractivity contribution in [1.82, 2.24) is 0 Å². The lowest BCUT2D eigenvalue weighted by molar-refractivity contribution is 0.284. The van der Waals surface area contributed by atoms with E-state index in [1.807, 2.05) is 0 Å². The van der Waals surface area contributed by atoms with Crippen molar-refractivity contribution in [2.24, 2.45) is 0 Å². The summed E-state index contributed by atoms with van der Waals surface area (Å²) in [5, 5.41) is 18.0. The zero-order chi connectivity index (χ0) is 14.7. The van der Waals surface area contributed by atoms with Gasteiger partial charge in [-0.15, -0.1) is 0 Å². The molecule has 0 saturated heterocycles. The summed E-state index contributed by atoms with van der Waals surface area (Å²) in [6, 6.07) is 6.82. The van der Waals surface area contributed by atoms with Crippen LogP contribution >= 0.6 is 0 Å². The van der Waals surface area contributed by atoms with Crippen LogP contribution in [-0.2, 0) is 6.61 Å². The molecular weight excluding hydrogens is 272 g/mol. The first-order valence-corrected chi connectivity index (χ1v) is 5.69. The number of rotatable bonds is 4. The van der Waals surface area contributed by atoms with Gasteiger partial charge in [-0.05, 0) is 35.3 Å². The number of halogens is 3. The second kappa shape index (κ2) is 5.98. The van der Waals surface area contributed by atoms with E-state index in [-0.39, 0.29) is 23.4 Å². The summed E-state index contributed by atoms with van der Waals surface area (Å²) in [7, 11) is -1.82. The summed E-state index contributed by atoms with van der Waals surface area (Å²) in [5.74, 6) is -3.17. The van der Waals surface area contributed by atoms with E-state index in [9.17, 15) is 13.2 Å². The fourth-order valence-corrected chi connectivity index (χ4v) is 1.66.